The fraction of sp³-hybridized carbons (Fsp3) is 0.767. The molecular formula is C90H160NO8+. The van der Waals surface area contributed by atoms with Gasteiger partial charge in [0.25, 0.3) is 6.29 Å². The van der Waals surface area contributed by atoms with Gasteiger partial charge in [-0.25, -0.2) is 4.79 Å². The molecule has 0 aromatic carbocycles. The number of unbranched alkanes of at least 4 members (excludes halogenated alkanes) is 45. The highest BCUT2D eigenvalue weighted by molar-refractivity contribution is 5.71. The lowest BCUT2D eigenvalue weighted by Crippen LogP contribution is -2.40. The Bertz CT molecular complexity index is 2000. The van der Waals surface area contributed by atoms with E-state index in [0.717, 1.165) is 89.9 Å². The maximum Gasteiger partial charge on any atom is 0.361 e. The maximum absolute atomic E-state index is 13.0. The van der Waals surface area contributed by atoms with Crippen molar-refractivity contribution in [1.82, 2.24) is 0 Å². The van der Waals surface area contributed by atoms with Crippen molar-refractivity contribution in [3.8, 4) is 0 Å². The van der Waals surface area contributed by atoms with Crippen molar-refractivity contribution in [3.63, 3.8) is 0 Å². The number of ether oxygens (including phenoxy) is 4. The third kappa shape index (κ3) is 81.1. The molecule has 0 rings (SSSR count). The molecule has 0 fully saturated rings. The molecule has 0 aromatic rings. The van der Waals surface area contributed by atoms with Crippen LogP contribution in [0.3, 0.4) is 0 Å². The molecule has 0 heterocycles. The minimum absolute atomic E-state index is 0.180. The standard InChI is InChI=1S/C90H159NO8/c1-6-8-10-12-14-16-18-20-22-24-26-28-30-32-34-36-38-40-41-42-43-44-45-46-47-49-51-53-55-57-59-61-63-65-67-69-71-73-75-77-79-81-88(93)99-86(85-98-90(89(94)95)96-83-82-91(3,4)5)84-97-87(92)80-78-76-74-72-70-68-66-64-62-60-58-56-54-52-50-48-39-37-35-33-31-29-27-25-23-21-19-17-15-13-11-9-7-2/h8,10,14,16,19-22,25-28,32,34,38,40,42-43,86,90H,6-7,9,11-13,15,17-18,23-24,29-31,33,35-37,39,41,44-85H2,1-5H3/p+1/b10-8-,16-14-,21-19-,22-20-,27-25-,28-26-,34-32-,40-38-,43-42-. The van der Waals surface area contributed by atoms with Crippen LogP contribution in [0.1, 0.15) is 386 Å². The minimum atomic E-state index is -1.51. The molecule has 572 valence electrons. The van der Waals surface area contributed by atoms with Gasteiger partial charge in [-0.2, -0.15) is 0 Å². The smallest absolute Gasteiger partial charge is 0.361 e. The van der Waals surface area contributed by atoms with E-state index in [1.165, 1.54) is 270 Å². The highest BCUT2D eigenvalue weighted by Gasteiger charge is 2.25. The third-order valence-electron chi connectivity index (χ3n) is 18.5. The lowest BCUT2D eigenvalue weighted by atomic mass is 10.0. The van der Waals surface area contributed by atoms with Crippen LogP contribution in [0.5, 0.6) is 0 Å². The third-order valence-corrected chi connectivity index (χ3v) is 18.5. The van der Waals surface area contributed by atoms with Gasteiger partial charge in [-0.3, -0.25) is 9.59 Å². The summed E-state index contributed by atoms with van der Waals surface area (Å²) in [6, 6.07) is 0. The van der Waals surface area contributed by atoms with E-state index in [9.17, 15) is 19.5 Å². The van der Waals surface area contributed by atoms with Crippen LogP contribution in [0.2, 0.25) is 0 Å². The first-order chi connectivity index (χ1) is 48.6. The Morgan fingerprint density at radius 1 is 0.313 bits per heavy atom. The molecule has 9 heteroatoms. The monoisotopic (exact) mass is 1380 g/mol. The number of carbonyl (C=O) groups excluding carboxylic acids is 2. The minimum Gasteiger partial charge on any atom is -0.477 e. The number of aliphatic carboxylic acids is 1. The molecule has 9 nitrogen and oxygen atoms in total. The topological polar surface area (TPSA) is 108 Å². The first-order valence-electron chi connectivity index (χ1n) is 42.1. The summed E-state index contributed by atoms with van der Waals surface area (Å²) in [5.74, 6) is -1.98. The second kappa shape index (κ2) is 79.6. The van der Waals surface area contributed by atoms with E-state index in [1.54, 1.807) is 0 Å². The summed E-state index contributed by atoms with van der Waals surface area (Å²) >= 11 is 0. The molecular weight excluding hydrogens is 1220 g/mol. The van der Waals surface area contributed by atoms with E-state index < -0.39 is 18.4 Å². The highest BCUT2D eigenvalue weighted by atomic mass is 16.7. The number of allylic oxidation sites excluding steroid dienone is 18. The molecule has 0 spiro atoms. The van der Waals surface area contributed by atoms with Crippen molar-refractivity contribution < 1.29 is 42.9 Å². The van der Waals surface area contributed by atoms with Gasteiger partial charge in [0.15, 0.2) is 6.10 Å². The Kier molecular flexibility index (Phi) is 76.4. The Labute approximate surface area is 613 Å². The van der Waals surface area contributed by atoms with Gasteiger partial charge in [0, 0.05) is 12.8 Å². The molecule has 2 atom stereocenters. The SMILES string of the molecule is CC/C=C\C/C=C\C/C=C\C/C=C\C/C=C\C/C=C\C/C=C\CCCCCCCCCCCCCCCCCCCCCC(=O)OC(COC(=O)CCCCCCCCCCCCCCCCCCCCCCC/C=C\C/C=C\CCCCCCC)COC(OCC[N+](C)(C)C)C(=O)O. The van der Waals surface area contributed by atoms with E-state index in [2.05, 4.69) is 123 Å². The van der Waals surface area contributed by atoms with Gasteiger partial charge < -0.3 is 28.5 Å². The largest absolute Gasteiger partial charge is 0.477 e. The second-order valence-corrected chi connectivity index (χ2v) is 29.4. The van der Waals surface area contributed by atoms with Gasteiger partial charge in [0.05, 0.1) is 34.4 Å². The summed E-state index contributed by atoms with van der Waals surface area (Å²) in [5.41, 5.74) is 0. The van der Waals surface area contributed by atoms with Gasteiger partial charge >= 0.3 is 17.9 Å². The predicted octanol–water partition coefficient (Wildman–Crippen LogP) is 27.3. The second-order valence-electron chi connectivity index (χ2n) is 29.4. The molecule has 0 aliphatic heterocycles. The number of carboxylic acid groups (broad SMARTS) is 1. The number of rotatable bonds is 78. The quantitative estimate of drug-likeness (QED) is 0.0211. The molecule has 0 aliphatic carbocycles. The van der Waals surface area contributed by atoms with Crippen molar-refractivity contribution in [2.75, 3.05) is 47.5 Å². The Balaban J connectivity index is 3.98. The first-order valence-corrected chi connectivity index (χ1v) is 42.1. The predicted molar refractivity (Wildman–Crippen MR) is 428 cm³/mol. The van der Waals surface area contributed by atoms with Gasteiger partial charge in [0.2, 0.25) is 0 Å². The van der Waals surface area contributed by atoms with Crippen molar-refractivity contribution in [3.05, 3.63) is 109 Å². The van der Waals surface area contributed by atoms with Crippen LogP contribution >= 0.6 is 0 Å². The van der Waals surface area contributed by atoms with E-state index in [4.69, 9.17) is 18.9 Å². The Hall–Kier alpha value is -4.05. The summed E-state index contributed by atoms with van der Waals surface area (Å²) < 4.78 is 23.1. The van der Waals surface area contributed by atoms with Crippen molar-refractivity contribution >= 4 is 17.9 Å². The van der Waals surface area contributed by atoms with E-state index in [1.807, 2.05) is 21.1 Å². The summed E-state index contributed by atoms with van der Waals surface area (Å²) in [5, 5.41) is 9.78. The van der Waals surface area contributed by atoms with Crippen molar-refractivity contribution in [2.45, 2.75) is 399 Å². The Morgan fingerprint density at radius 3 is 0.859 bits per heavy atom. The van der Waals surface area contributed by atoms with E-state index >= 15 is 0 Å². The van der Waals surface area contributed by atoms with Crippen LogP contribution in [0.25, 0.3) is 0 Å². The molecule has 99 heavy (non-hydrogen) atoms. The van der Waals surface area contributed by atoms with Crippen LogP contribution in [-0.2, 0) is 33.3 Å². The number of quaternary nitrogens is 1. The number of likely N-dealkylation sites (N-methyl/N-ethyl adjacent to an activating group) is 1. The summed E-state index contributed by atoms with van der Waals surface area (Å²) in [6.07, 6.45) is 110. The summed E-state index contributed by atoms with van der Waals surface area (Å²) in [7, 11) is 5.99. The zero-order valence-corrected chi connectivity index (χ0v) is 65.6. The van der Waals surface area contributed by atoms with Gasteiger partial charge in [-0.05, 0) is 103 Å². The number of nitrogens with zero attached hydrogens (tertiary/aromatic N) is 1. The zero-order chi connectivity index (χ0) is 71.8. The van der Waals surface area contributed by atoms with Crippen molar-refractivity contribution in [1.29, 1.82) is 0 Å². The molecule has 0 saturated carbocycles. The first kappa shape index (κ1) is 94.9. The van der Waals surface area contributed by atoms with Gasteiger partial charge in [-0.1, -0.05) is 380 Å². The van der Waals surface area contributed by atoms with Crippen LogP contribution in [0.4, 0.5) is 0 Å². The van der Waals surface area contributed by atoms with Gasteiger partial charge in [0.1, 0.15) is 13.2 Å². The molecule has 0 aromatic heterocycles. The lowest BCUT2D eigenvalue weighted by Gasteiger charge is -2.25. The van der Waals surface area contributed by atoms with E-state index in [0.29, 0.717) is 17.4 Å². The fourth-order valence-electron chi connectivity index (χ4n) is 12.1. The summed E-state index contributed by atoms with van der Waals surface area (Å²) in [4.78, 5) is 37.8. The molecule has 1 N–H and O–H groups in total. The number of hydrogen-bond acceptors (Lipinski definition) is 7. The number of hydrogen-bond donors (Lipinski definition) is 1. The fourth-order valence-corrected chi connectivity index (χ4v) is 12.1. The summed E-state index contributed by atoms with van der Waals surface area (Å²) in [6.45, 7) is 4.80. The number of esters is 2. The average Bonchev–Trinajstić information content (AvgIpc) is 2.62. The van der Waals surface area contributed by atoms with Crippen LogP contribution in [-0.4, -0.2) is 87.4 Å². The van der Waals surface area contributed by atoms with E-state index in [-0.39, 0.29) is 38.2 Å². The van der Waals surface area contributed by atoms with Crippen LogP contribution < -0.4 is 0 Å². The number of carboxylic acids is 1. The Morgan fingerprint density at radius 2 is 0.576 bits per heavy atom. The van der Waals surface area contributed by atoms with Crippen LogP contribution in [0, 0.1) is 0 Å². The van der Waals surface area contributed by atoms with Gasteiger partial charge in [-0.15, -0.1) is 0 Å². The molecule has 0 bridgehead atoms. The zero-order valence-electron chi connectivity index (χ0n) is 65.6. The highest BCUT2D eigenvalue weighted by Crippen LogP contribution is 2.19. The maximum atomic E-state index is 13.0. The van der Waals surface area contributed by atoms with Crippen LogP contribution in [0.15, 0.2) is 109 Å². The molecule has 0 radical (unpaired) electrons. The molecule has 0 aliphatic rings. The average molecular weight is 1380 g/mol. The van der Waals surface area contributed by atoms with Crippen molar-refractivity contribution in [2.24, 2.45) is 0 Å². The normalized spacial score (nSPS) is 13.2. The molecule has 0 saturated heterocycles. The molecule has 0 amide bonds. The molecule has 2 unspecified atom stereocenters. The number of carbonyl (C=O) groups is 3. The lowest BCUT2D eigenvalue weighted by molar-refractivity contribution is -0.870.